The zero-order chi connectivity index (χ0) is 10.6. The molecule has 0 radical (unpaired) electrons. The molecule has 0 N–H and O–H groups in total. The number of carbonyl (C=O) groups is 2. The van der Waals surface area contributed by atoms with E-state index in [1.165, 1.54) is 0 Å². The standard InChI is InChI=1S/C10H9BrO3/c1-2-14-10(13)7-4-3-5-9(11)8(7)6-12/h3-6H,2H2,1H3. The summed E-state index contributed by atoms with van der Waals surface area (Å²) in [6.07, 6.45) is 0.635. The quantitative estimate of drug-likeness (QED) is 0.617. The van der Waals surface area contributed by atoms with E-state index in [4.69, 9.17) is 4.74 Å². The maximum absolute atomic E-state index is 11.4. The molecular formula is C10H9BrO3. The van der Waals surface area contributed by atoms with E-state index < -0.39 is 5.97 Å². The minimum Gasteiger partial charge on any atom is -0.462 e. The number of aldehydes is 1. The van der Waals surface area contributed by atoms with Gasteiger partial charge in [-0.25, -0.2) is 4.79 Å². The van der Waals surface area contributed by atoms with Crippen molar-refractivity contribution in [2.45, 2.75) is 6.92 Å². The number of ether oxygens (including phenoxy) is 1. The maximum Gasteiger partial charge on any atom is 0.338 e. The van der Waals surface area contributed by atoms with Gasteiger partial charge in [0.1, 0.15) is 0 Å². The minimum atomic E-state index is -0.476. The third-order valence-corrected chi connectivity index (χ3v) is 2.36. The highest BCUT2D eigenvalue weighted by Crippen LogP contribution is 2.19. The van der Waals surface area contributed by atoms with Crippen LogP contribution in [0.4, 0.5) is 0 Å². The van der Waals surface area contributed by atoms with E-state index >= 15 is 0 Å². The third kappa shape index (κ3) is 2.20. The molecule has 0 aliphatic heterocycles. The Labute approximate surface area is 90.2 Å². The predicted octanol–water partition coefficient (Wildman–Crippen LogP) is 2.44. The summed E-state index contributed by atoms with van der Waals surface area (Å²) in [5.74, 6) is -0.476. The second-order valence-corrected chi connectivity index (χ2v) is 3.39. The van der Waals surface area contributed by atoms with Crippen molar-refractivity contribution in [1.29, 1.82) is 0 Å². The SMILES string of the molecule is CCOC(=O)c1cccc(Br)c1C=O. The number of benzene rings is 1. The molecule has 1 rings (SSSR count). The average molecular weight is 257 g/mol. The fraction of sp³-hybridized carbons (Fsp3) is 0.200. The van der Waals surface area contributed by atoms with Gasteiger partial charge in [-0.3, -0.25) is 4.79 Å². The number of halogens is 1. The van der Waals surface area contributed by atoms with Crippen molar-refractivity contribution in [3.8, 4) is 0 Å². The summed E-state index contributed by atoms with van der Waals surface area (Å²) in [6.45, 7) is 2.01. The van der Waals surface area contributed by atoms with Gasteiger partial charge < -0.3 is 4.74 Å². The minimum absolute atomic E-state index is 0.288. The number of rotatable bonds is 3. The molecule has 0 atom stereocenters. The van der Waals surface area contributed by atoms with Crippen LogP contribution in [0.1, 0.15) is 27.6 Å². The molecule has 3 nitrogen and oxygen atoms in total. The van der Waals surface area contributed by atoms with Crippen LogP contribution in [0.25, 0.3) is 0 Å². The van der Waals surface area contributed by atoms with Crippen LogP contribution in [0.15, 0.2) is 22.7 Å². The summed E-state index contributed by atoms with van der Waals surface area (Å²) in [4.78, 5) is 22.1. The molecule has 0 saturated heterocycles. The predicted molar refractivity (Wildman–Crippen MR) is 55.5 cm³/mol. The first-order valence-corrected chi connectivity index (χ1v) is 4.90. The summed E-state index contributed by atoms with van der Waals surface area (Å²) in [7, 11) is 0. The summed E-state index contributed by atoms with van der Waals surface area (Å²) in [6, 6.07) is 4.95. The lowest BCUT2D eigenvalue weighted by atomic mass is 10.1. The first-order valence-electron chi connectivity index (χ1n) is 4.11. The van der Waals surface area contributed by atoms with Crippen LogP contribution in [0.3, 0.4) is 0 Å². The van der Waals surface area contributed by atoms with E-state index in [0.29, 0.717) is 22.9 Å². The topological polar surface area (TPSA) is 43.4 Å². The molecule has 4 heteroatoms. The molecular weight excluding hydrogens is 248 g/mol. The van der Waals surface area contributed by atoms with Gasteiger partial charge in [-0.1, -0.05) is 22.0 Å². The van der Waals surface area contributed by atoms with E-state index in [9.17, 15) is 9.59 Å². The normalized spacial score (nSPS) is 9.57. The molecule has 0 unspecified atom stereocenters. The molecule has 1 aromatic carbocycles. The van der Waals surface area contributed by atoms with Crippen LogP contribution in [0.2, 0.25) is 0 Å². The lowest BCUT2D eigenvalue weighted by molar-refractivity contribution is 0.0524. The second kappa shape index (κ2) is 4.91. The van der Waals surface area contributed by atoms with Gasteiger partial charge >= 0.3 is 5.97 Å². The van der Waals surface area contributed by atoms with E-state index in [-0.39, 0.29) is 5.56 Å². The van der Waals surface area contributed by atoms with E-state index in [0.717, 1.165) is 0 Å². The fourth-order valence-electron chi connectivity index (χ4n) is 1.04. The van der Waals surface area contributed by atoms with Crippen LogP contribution in [0.5, 0.6) is 0 Å². The van der Waals surface area contributed by atoms with Gasteiger partial charge in [-0.2, -0.15) is 0 Å². The van der Waals surface area contributed by atoms with Crippen molar-refractivity contribution >= 4 is 28.2 Å². The first kappa shape index (κ1) is 10.9. The van der Waals surface area contributed by atoms with Crippen molar-refractivity contribution < 1.29 is 14.3 Å². The lowest BCUT2D eigenvalue weighted by Crippen LogP contribution is -2.08. The Hall–Kier alpha value is -1.16. The summed E-state index contributed by atoms with van der Waals surface area (Å²) in [5.41, 5.74) is 0.613. The van der Waals surface area contributed by atoms with Crippen molar-refractivity contribution in [3.63, 3.8) is 0 Å². The van der Waals surface area contributed by atoms with Crippen molar-refractivity contribution in [1.82, 2.24) is 0 Å². The zero-order valence-electron chi connectivity index (χ0n) is 7.62. The molecule has 0 aliphatic rings. The Morgan fingerprint density at radius 3 is 2.86 bits per heavy atom. The van der Waals surface area contributed by atoms with Gasteiger partial charge in [0.15, 0.2) is 6.29 Å². The molecule has 14 heavy (non-hydrogen) atoms. The molecule has 0 aliphatic carbocycles. The number of hydrogen-bond donors (Lipinski definition) is 0. The lowest BCUT2D eigenvalue weighted by Gasteiger charge is -2.05. The molecule has 0 amide bonds. The molecule has 0 saturated carbocycles. The molecule has 1 aromatic rings. The Morgan fingerprint density at radius 2 is 2.29 bits per heavy atom. The van der Waals surface area contributed by atoms with Crippen molar-refractivity contribution in [2.75, 3.05) is 6.61 Å². The largest absolute Gasteiger partial charge is 0.462 e. The van der Waals surface area contributed by atoms with Gasteiger partial charge in [0.25, 0.3) is 0 Å². The van der Waals surface area contributed by atoms with Crippen LogP contribution < -0.4 is 0 Å². The molecule has 0 heterocycles. The van der Waals surface area contributed by atoms with Crippen LogP contribution in [0, 0.1) is 0 Å². The summed E-state index contributed by atoms with van der Waals surface area (Å²) >= 11 is 3.19. The summed E-state index contributed by atoms with van der Waals surface area (Å²) in [5, 5.41) is 0. The second-order valence-electron chi connectivity index (χ2n) is 2.54. The van der Waals surface area contributed by atoms with Gasteiger partial charge in [-0.15, -0.1) is 0 Å². The fourth-order valence-corrected chi connectivity index (χ4v) is 1.50. The Morgan fingerprint density at radius 1 is 1.57 bits per heavy atom. The van der Waals surface area contributed by atoms with Crippen LogP contribution in [-0.2, 0) is 4.74 Å². The monoisotopic (exact) mass is 256 g/mol. The van der Waals surface area contributed by atoms with Gasteiger partial charge in [0, 0.05) is 10.0 Å². The molecule has 74 valence electrons. The zero-order valence-corrected chi connectivity index (χ0v) is 9.21. The van der Waals surface area contributed by atoms with Gasteiger partial charge in [0.05, 0.1) is 12.2 Å². The van der Waals surface area contributed by atoms with E-state index in [1.54, 1.807) is 25.1 Å². The Bertz CT molecular complexity index is 360. The smallest absolute Gasteiger partial charge is 0.338 e. The first-order chi connectivity index (χ1) is 6.70. The van der Waals surface area contributed by atoms with Crippen LogP contribution >= 0.6 is 15.9 Å². The third-order valence-electron chi connectivity index (χ3n) is 1.67. The number of esters is 1. The van der Waals surface area contributed by atoms with Crippen LogP contribution in [-0.4, -0.2) is 18.9 Å². The summed E-state index contributed by atoms with van der Waals surface area (Å²) < 4.78 is 5.40. The Balaban J connectivity index is 3.13. The molecule has 0 aromatic heterocycles. The highest BCUT2D eigenvalue weighted by molar-refractivity contribution is 9.10. The maximum atomic E-state index is 11.4. The molecule has 0 spiro atoms. The Kier molecular flexibility index (Phi) is 3.83. The van der Waals surface area contributed by atoms with Crippen molar-refractivity contribution in [3.05, 3.63) is 33.8 Å². The number of carbonyl (C=O) groups excluding carboxylic acids is 2. The van der Waals surface area contributed by atoms with Gasteiger partial charge in [0.2, 0.25) is 0 Å². The van der Waals surface area contributed by atoms with Gasteiger partial charge in [-0.05, 0) is 19.1 Å². The highest BCUT2D eigenvalue weighted by atomic mass is 79.9. The molecule has 0 bridgehead atoms. The van der Waals surface area contributed by atoms with E-state index in [1.807, 2.05) is 0 Å². The van der Waals surface area contributed by atoms with E-state index in [2.05, 4.69) is 15.9 Å². The van der Waals surface area contributed by atoms with Crippen molar-refractivity contribution in [2.24, 2.45) is 0 Å². The average Bonchev–Trinajstić information content (AvgIpc) is 2.17. The highest BCUT2D eigenvalue weighted by Gasteiger charge is 2.13. The molecule has 0 fully saturated rings. The number of hydrogen-bond acceptors (Lipinski definition) is 3.